The van der Waals surface area contributed by atoms with Crippen molar-refractivity contribution in [2.45, 2.75) is 26.2 Å². The number of amides is 3. The van der Waals surface area contributed by atoms with Crippen LogP contribution in [0.15, 0.2) is 47.1 Å². The molecular weight excluding hydrogens is 356 g/mol. The lowest BCUT2D eigenvalue weighted by Gasteiger charge is -2.27. The van der Waals surface area contributed by atoms with Crippen molar-refractivity contribution in [2.24, 2.45) is 23.7 Å². The van der Waals surface area contributed by atoms with Gasteiger partial charge < -0.3 is 4.42 Å². The number of anilines is 1. The lowest BCUT2D eigenvalue weighted by atomic mass is 9.81. The summed E-state index contributed by atoms with van der Waals surface area (Å²) in [5.74, 6) is -0.155. The third-order valence-electron chi connectivity index (χ3n) is 6.62. The van der Waals surface area contributed by atoms with Gasteiger partial charge in [-0.15, -0.1) is 0 Å². The smallest absolute Gasteiger partial charge is 0.295 e. The minimum absolute atomic E-state index is 0.0767. The van der Waals surface area contributed by atoms with Crippen LogP contribution in [-0.2, 0) is 9.59 Å². The Balaban J connectivity index is 1.47. The molecule has 2 bridgehead atoms. The average molecular weight is 378 g/mol. The van der Waals surface area contributed by atoms with Crippen LogP contribution in [-0.4, -0.2) is 29.3 Å². The Labute approximate surface area is 163 Å². The number of imide groups is 1. The van der Waals surface area contributed by atoms with Crippen LogP contribution in [0.4, 0.5) is 5.69 Å². The normalized spacial score (nSPS) is 28.1. The van der Waals surface area contributed by atoms with Crippen LogP contribution >= 0.6 is 0 Å². The Morgan fingerprint density at radius 2 is 1.71 bits per heavy atom. The molecule has 144 valence electrons. The summed E-state index contributed by atoms with van der Waals surface area (Å²) in [6.45, 7) is 1.89. The fourth-order valence-electron chi connectivity index (χ4n) is 5.27. The zero-order valence-electron chi connectivity index (χ0n) is 15.7. The summed E-state index contributed by atoms with van der Waals surface area (Å²) in [5, 5.41) is 0. The van der Waals surface area contributed by atoms with Crippen LogP contribution < -0.4 is 4.90 Å². The maximum absolute atomic E-state index is 13.1. The highest BCUT2D eigenvalue weighted by Gasteiger charge is 2.61. The number of hydrogen-bond acceptors (Lipinski definition) is 4. The highest BCUT2D eigenvalue weighted by Crippen LogP contribution is 2.56. The maximum Gasteiger partial charge on any atom is 0.295 e. The van der Waals surface area contributed by atoms with Gasteiger partial charge in [0.05, 0.1) is 18.1 Å². The second-order valence-corrected chi connectivity index (χ2v) is 8.18. The Bertz CT molecular complexity index is 906. The van der Waals surface area contributed by atoms with E-state index in [9.17, 15) is 14.4 Å². The summed E-state index contributed by atoms with van der Waals surface area (Å²) in [6.07, 6.45) is 4.50. The van der Waals surface area contributed by atoms with Gasteiger partial charge in [0, 0.05) is 5.69 Å². The average Bonchev–Trinajstić information content (AvgIpc) is 3.47. The van der Waals surface area contributed by atoms with Crippen molar-refractivity contribution in [2.75, 3.05) is 11.6 Å². The molecule has 0 unspecified atom stereocenters. The van der Waals surface area contributed by atoms with Gasteiger partial charge in [-0.2, -0.15) is 0 Å². The van der Waals surface area contributed by atoms with E-state index in [-0.39, 0.29) is 42.0 Å². The van der Waals surface area contributed by atoms with E-state index in [0.29, 0.717) is 17.5 Å². The molecule has 3 amide bonds. The number of hydrogen-bond donors (Lipinski definition) is 0. The molecule has 2 aliphatic carbocycles. The SMILES string of the molecule is Cc1ccc(N(CN2C(=O)[C@@H]3[C@H]4CC[C@@H](C4)[C@@H]3C2=O)C(=O)c2ccco2)cc1. The standard InChI is InChI=1S/C22H22N2O4/c1-13-4-8-16(9-5-13)23(20(25)17-3-2-10-28-17)12-24-21(26)18-14-6-7-15(11-14)19(18)22(24)27/h2-5,8-10,14-15,18-19H,6-7,11-12H2,1H3/t14-,15-,18-,19+/m0/s1. The summed E-state index contributed by atoms with van der Waals surface area (Å²) in [6, 6.07) is 10.7. The van der Waals surface area contributed by atoms with Gasteiger partial charge in [-0.1, -0.05) is 17.7 Å². The molecule has 4 atom stereocenters. The second kappa shape index (κ2) is 6.33. The van der Waals surface area contributed by atoms with E-state index in [1.807, 2.05) is 31.2 Å². The van der Waals surface area contributed by atoms with Crippen LogP contribution in [0.25, 0.3) is 0 Å². The lowest BCUT2D eigenvalue weighted by Crippen LogP contribution is -2.45. The molecule has 1 aromatic carbocycles. The third-order valence-corrected chi connectivity index (χ3v) is 6.62. The van der Waals surface area contributed by atoms with E-state index in [1.165, 1.54) is 16.1 Å². The number of rotatable bonds is 4. The molecule has 0 spiro atoms. The number of nitrogens with zero attached hydrogens (tertiary/aromatic N) is 2. The Hall–Kier alpha value is -2.89. The highest BCUT2D eigenvalue weighted by molar-refractivity contribution is 6.09. The summed E-state index contributed by atoms with van der Waals surface area (Å²) in [7, 11) is 0. The summed E-state index contributed by atoms with van der Waals surface area (Å²) >= 11 is 0. The largest absolute Gasteiger partial charge is 0.459 e. The molecule has 0 radical (unpaired) electrons. The first-order valence-corrected chi connectivity index (χ1v) is 9.82. The zero-order chi connectivity index (χ0) is 19.4. The van der Waals surface area contributed by atoms with E-state index in [1.54, 1.807) is 12.1 Å². The number of furan rings is 1. The molecule has 2 saturated carbocycles. The summed E-state index contributed by atoms with van der Waals surface area (Å²) < 4.78 is 5.28. The van der Waals surface area contributed by atoms with Gasteiger partial charge in [0.25, 0.3) is 5.91 Å². The number of aryl methyl sites for hydroxylation is 1. The first kappa shape index (κ1) is 17.2. The van der Waals surface area contributed by atoms with E-state index >= 15 is 0 Å². The van der Waals surface area contributed by atoms with E-state index in [4.69, 9.17) is 4.42 Å². The zero-order valence-corrected chi connectivity index (χ0v) is 15.7. The van der Waals surface area contributed by atoms with Crippen LogP contribution in [0.5, 0.6) is 0 Å². The van der Waals surface area contributed by atoms with E-state index < -0.39 is 0 Å². The molecule has 28 heavy (non-hydrogen) atoms. The molecule has 3 fully saturated rings. The first-order chi connectivity index (χ1) is 13.5. The topological polar surface area (TPSA) is 70.8 Å². The Morgan fingerprint density at radius 3 is 2.29 bits per heavy atom. The van der Waals surface area contributed by atoms with Crippen molar-refractivity contribution in [1.29, 1.82) is 0 Å². The second-order valence-electron chi connectivity index (χ2n) is 8.18. The predicted octanol–water partition coefficient (Wildman–Crippen LogP) is 3.22. The minimum atomic E-state index is -0.366. The van der Waals surface area contributed by atoms with Gasteiger partial charge in [0.15, 0.2) is 5.76 Å². The van der Waals surface area contributed by atoms with E-state index in [0.717, 1.165) is 24.8 Å². The number of benzene rings is 1. The monoisotopic (exact) mass is 378 g/mol. The van der Waals surface area contributed by atoms with Gasteiger partial charge >= 0.3 is 0 Å². The van der Waals surface area contributed by atoms with Gasteiger partial charge in [-0.25, -0.2) is 0 Å². The quantitative estimate of drug-likeness (QED) is 0.766. The molecule has 2 aromatic rings. The van der Waals surface area contributed by atoms with Gasteiger partial charge in [-0.05, 0) is 62.3 Å². The van der Waals surface area contributed by atoms with Crippen molar-refractivity contribution in [3.63, 3.8) is 0 Å². The number of likely N-dealkylation sites (tertiary alicyclic amines) is 1. The van der Waals surface area contributed by atoms with Crippen molar-refractivity contribution >= 4 is 23.4 Å². The Morgan fingerprint density at radius 1 is 1.07 bits per heavy atom. The molecule has 2 heterocycles. The van der Waals surface area contributed by atoms with E-state index in [2.05, 4.69) is 0 Å². The molecule has 0 N–H and O–H groups in total. The fourth-order valence-corrected chi connectivity index (χ4v) is 5.27. The first-order valence-electron chi connectivity index (χ1n) is 9.82. The van der Waals surface area contributed by atoms with Crippen LogP contribution in [0.3, 0.4) is 0 Å². The minimum Gasteiger partial charge on any atom is -0.459 e. The molecule has 6 nitrogen and oxygen atoms in total. The molecular formula is C22H22N2O4. The molecule has 3 aliphatic rings. The van der Waals surface area contributed by atoms with Crippen molar-refractivity contribution in [3.8, 4) is 0 Å². The number of fused-ring (bicyclic) bond motifs is 5. The van der Waals surface area contributed by atoms with Gasteiger partial charge in [0.1, 0.15) is 6.67 Å². The van der Waals surface area contributed by atoms with Crippen molar-refractivity contribution in [1.82, 2.24) is 4.90 Å². The number of carbonyl (C=O) groups excluding carboxylic acids is 3. The van der Waals surface area contributed by atoms with Crippen LogP contribution in [0, 0.1) is 30.6 Å². The lowest BCUT2D eigenvalue weighted by molar-refractivity contribution is -0.140. The highest BCUT2D eigenvalue weighted by atomic mass is 16.3. The molecule has 1 aromatic heterocycles. The van der Waals surface area contributed by atoms with Crippen LogP contribution in [0.1, 0.15) is 35.4 Å². The van der Waals surface area contributed by atoms with Crippen molar-refractivity contribution < 1.29 is 18.8 Å². The van der Waals surface area contributed by atoms with Gasteiger partial charge in [0.2, 0.25) is 11.8 Å². The maximum atomic E-state index is 13.1. The Kier molecular flexibility index (Phi) is 3.89. The fraction of sp³-hybridized carbons (Fsp3) is 0.409. The third kappa shape index (κ3) is 2.51. The molecule has 1 aliphatic heterocycles. The predicted molar refractivity (Wildman–Crippen MR) is 101 cm³/mol. The number of carbonyl (C=O) groups is 3. The molecule has 1 saturated heterocycles. The van der Waals surface area contributed by atoms with Crippen molar-refractivity contribution in [3.05, 3.63) is 54.0 Å². The van der Waals surface area contributed by atoms with Crippen LogP contribution in [0.2, 0.25) is 0 Å². The molecule has 5 rings (SSSR count). The van der Waals surface area contributed by atoms with Gasteiger partial charge in [-0.3, -0.25) is 24.2 Å². The summed E-state index contributed by atoms with van der Waals surface area (Å²) in [4.78, 5) is 41.9. The molecule has 6 heteroatoms. The summed E-state index contributed by atoms with van der Waals surface area (Å²) in [5.41, 5.74) is 1.70.